The third-order valence-corrected chi connectivity index (χ3v) is 6.29. The molecule has 0 amide bonds. The van der Waals surface area contributed by atoms with E-state index in [9.17, 15) is 40.2 Å². The smallest absolute Gasteiger partial charge is 0.337 e. The molecule has 0 aromatic heterocycles. The van der Waals surface area contributed by atoms with Gasteiger partial charge in [-0.15, -0.1) is 0 Å². The molecule has 0 unspecified atom stereocenters. The fraction of sp³-hybridized carbons (Fsp3) is 0.520. The number of phenolic OH excluding ortho intramolecular Hbond substituents is 2. The van der Waals surface area contributed by atoms with Crippen molar-refractivity contribution in [1.82, 2.24) is 0 Å². The van der Waals surface area contributed by atoms with E-state index in [1.165, 1.54) is 12.1 Å². The molecule has 0 bridgehead atoms. The van der Waals surface area contributed by atoms with Crippen LogP contribution < -0.4 is 0 Å². The number of aliphatic hydroxyl groups excluding tert-OH is 4. The van der Waals surface area contributed by atoms with Crippen LogP contribution in [0.3, 0.4) is 0 Å². The van der Waals surface area contributed by atoms with Crippen LogP contribution in [0.4, 0.5) is 0 Å². The average molecular weight is 541 g/mol. The molecule has 0 saturated carbocycles. The Morgan fingerprint density at radius 1 is 1.08 bits per heavy atom. The average Bonchev–Trinajstić information content (AvgIpc) is 2.90. The van der Waals surface area contributed by atoms with Crippen molar-refractivity contribution in [3.05, 3.63) is 47.2 Å². The number of carbonyl (C=O) groups excluding carboxylic acids is 2. The normalized spacial score (nSPS) is 30.3. The first kappa shape index (κ1) is 29.4. The fourth-order valence-corrected chi connectivity index (χ4v) is 4.16. The van der Waals surface area contributed by atoms with Gasteiger partial charge in [-0.1, -0.05) is 12.1 Å². The Kier molecular flexibility index (Phi) is 10.1. The third kappa shape index (κ3) is 6.62. The van der Waals surface area contributed by atoms with E-state index in [2.05, 4.69) is 0 Å². The largest absolute Gasteiger partial charge is 0.504 e. The molecule has 0 radical (unpaired) electrons. The van der Waals surface area contributed by atoms with Crippen molar-refractivity contribution in [1.29, 1.82) is 0 Å². The zero-order chi connectivity index (χ0) is 28.0. The maximum Gasteiger partial charge on any atom is 0.337 e. The molecule has 2 aliphatic heterocycles. The molecule has 7 atom stereocenters. The zero-order valence-electron chi connectivity index (χ0n) is 20.8. The van der Waals surface area contributed by atoms with E-state index in [4.69, 9.17) is 23.7 Å². The Balaban J connectivity index is 1.71. The number of aromatic hydroxyl groups is 2. The number of esters is 2. The van der Waals surface area contributed by atoms with Gasteiger partial charge in [0.05, 0.1) is 38.6 Å². The summed E-state index contributed by atoms with van der Waals surface area (Å²) in [6.45, 7) is 0.912. The van der Waals surface area contributed by atoms with Gasteiger partial charge in [0, 0.05) is 17.9 Å². The number of hydrogen-bond acceptors (Lipinski definition) is 13. The number of benzene rings is 1. The van der Waals surface area contributed by atoms with Crippen LogP contribution in [0.1, 0.15) is 18.9 Å². The van der Waals surface area contributed by atoms with E-state index in [1.807, 2.05) is 0 Å². The quantitative estimate of drug-likeness (QED) is 0.131. The maximum atomic E-state index is 12.7. The lowest BCUT2D eigenvalue weighted by Gasteiger charge is -2.41. The molecule has 1 saturated heterocycles. The topological polar surface area (TPSA) is 202 Å². The van der Waals surface area contributed by atoms with Crippen molar-refractivity contribution in [3.8, 4) is 11.5 Å². The van der Waals surface area contributed by atoms with Gasteiger partial charge in [-0.25, -0.2) is 4.79 Å². The fourth-order valence-electron chi connectivity index (χ4n) is 4.16. The van der Waals surface area contributed by atoms with Gasteiger partial charge >= 0.3 is 11.9 Å². The first-order valence-corrected chi connectivity index (χ1v) is 11.8. The van der Waals surface area contributed by atoms with Gasteiger partial charge in [-0.05, 0) is 24.6 Å². The summed E-state index contributed by atoms with van der Waals surface area (Å²) < 4.78 is 26.7. The molecular weight excluding hydrogens is 508 g/mol. The monoisotopic (exact) mass is 540 g/mol. The second-order valence-corrected chi connectivity index (χ2v) is 8.71. The van der Waals surface area contributed by atoms with Crippen LogP contribution in [0.2, 0.25) is 0 Å². The lowest BCUT2D eigenvalue weighted by molar-refractivity contribution is -0.327. The highest BCUT2D eigenvalue weighted by Crippen LogP contribution is 2.36. The molecule has 210 valence electrons. The predicted octanol–water partition coefficient (Wildman–Crippen LogP) is -0.634. The Morgan fingerprint density at radius 2 is 1.82 bits per heavy atom. The van der Waals surface area contributed by atoms with E-state index in [1.54, 1.807) is 19.1 Å². The van der Waals surface area contributed by atoms with Crippen molar-refractivity contribution in [2.45, 2.75) is 56.8 Å². The van der Waals surface area contributed by atoms with Gasteiger partial charge < -0.3 is 54.3 Å². The molecule has 38 heavy (non-hydrogen) atoms. The van der Waals surface area contributed by atoms with Gasteiger partial charge in [-0.3, -0.25) is 4.79 Å². The Bertz CT molecular complexity index is 1050. The zero-order valence-corrected chi connectivity index (χ0v) is 20.8. The minimum Gasteiger partial charge on any atom is -0.504 e. The van der Waals surface area contributed by atoms with Crippen LogP contribution in [-0.4, -0.2) is 99.9 Å². The predicted molar refractivity (Wildman–Crippen MR) is 126 cm³/mol. The maximum absolute atomic E-state index is 12.7. The van der Waals surface area contributed by atoms with Crippen molar-refractivity contribution in [2.24, 2.45) is 5.92 Å². The van der Waals surface area contributed by atoms with Crippen LogP contribution >= 0.6 is 0 Å². The number of hydrogen-bond donors (Lipinski definition) is 6. The molecule has 13 nitrogen and oxygen atoms in total. The van der Waals surface area contributed by atoms with Crippen molar-refractivity contribution in [2.75, 3.05) is 20.3 Å². The molecule has 0 spiro atoms. The summed E-state index contributed by atoms with van der Waals surface area (Å²) in [6.07, 6.45) is -6.39. The molecule has 6 N–H and O–H groups in total. The van der Waals surface area contributed by atoms with Gasteiger partial charge in [0.25, 0.3) is 0 Å². The summed E-state index contributed by atoms with van der Waals surface area (Å²) >= 11 is 0. The molecule has 1 aromatic rings. The molecule has 13 heteroatoms. The second-order valence-electron chi connectivity index (χ2n) is 8.71. The number of rotatable bonds is 9. The van der Waals surface area contributed by atoms with Crippen molar-refractivity contribution in [3.63, 3.8) is 0 Å². The molecule has 3 rings (SSSR count). The Morgan fingerprint density at radius 3 is 2.45 bits per heavy atom. The Hall–Kier alpha value is -3.20. The van der Waals surface area contributed by atoms with Crippen LogP contribution in [0.15, 0.2) is 41.7 Å². The number of carbonyl (C=O) groups is 2. The molecule has 2 heterocycles. The Labute approximate surface area is 218 Å². The highest BCUT2D eigenvalue weighted by Gasteiger charge is 2.46. The van der Waals surface area contributed by atoms with E-state index >= 15 is 0 Å². The first-order chi connectivity index (χ1) is 18.1. The standard InChI is InChI=1S/C25H32O13/c1-3-13-14(9-19(29)35-7-6-12-4-5-16(27)17(28)8-12)15(23(33)34-2)11-36-24(13)38-25-22(32)21(31)20(30)18(10-26)37-25/h3-5,8,11,14,18,20-22,24-28,30-32H,6-7,9-10H2,1-2H3/t14-,18-,20-,21+,22-,24-,25+/m1/s1. The summed E-state index contributed by atoms with van der Waals surface area (Å²) in [5, 5.41) is 58.8. The lowest BCUT2D eigenvalue weighted by Crippen LogP contribution is -2.60. The van der Waals surface area contributed by atoms with Crippen LogP contribution in [-0.2, 0) is 39.7 Å². The molecule has 1 fully saturated rings. The van der Waals surface area contributed by atoms with Crippen molar-refractivity contribution >= 4 is 11.9 Å². The number of ether oxygens (including phenoxy) is 5. The molecule has 1 aromatic carbocycles. The minimum atomic E-state index is -1.69. The van der Waals surface area contributed by atoms with E-state index in [-0.39, 0.29) is 36.5 Å². The van der Waals surface area contributed by atoms with Crippen LogP contribution in [0.25, 0.3) is 0 Å². The van der Waals surface area contributed by atoms with Gasteiger partial charge in [0.2, 0.25) is 6.29 Å². The highest BCUT2D eigenvalue weighted by molar-refractivity contribution is 5.90. The molecule has 0 aliphatic carbocycles. The highest BCUT2D eigenvalue weighted by atomic mass is 16.8. The van der Waals surface area contributed by atoms with E-state index in [0.29, 0.717) is 11.1 Å². The number of aliphatic hydroxyl groups is 4. The number of phenols is 2. The van der Waals surface area contributed by atoms with Crippen molar-refractivity contribution < 1.29 is 63.9 Å². The lowest BCUT2D eigenvalue weighted by atomic mass is 9.86. The van der Waals surface area contributed by atoms with Gasteiger partial charge in [-0.2, -0.15) is 0 Å². The number of methoxy groups -OCH3 is 1. The van der Waals surface area contributed by atoms with Gasteiger partial charge in [0.1, 0.15) is 24.4 Å². The van der Waals surface area contributed by atoms with E-state index in [0.717, 1.165) is 13.4 Å². The van der Waals surface area contributed by atoms with Crippen LogP contribution in [0.5, 0.6) is 11.5 Å². The summed E-state index contributed by atoms with van der Waals surface area (Å²) in [4.78, 5) is 25.1. The summed E-state index contributed by atoms with van der Waals surface area (Å²) in [7, 11) is 1.16. The molecular formula is C25H32O13. The third-order valence-electron chi connectivity index (χ3n) is 6.29. The summed E-state index contributed by atoms with van der Waals surface area (Å²) in [5.74, 6) is -2.89. The minimum absolute atomic E-state index is 0.00894. The summed E-state index contributed by atoms with van der Waals surface area (Å²) in [6, 6.07) is 4.23. The summed E-state index contributed by atoms with van der Waals surface area (Å²) in [5.41, 5.74) is 0.927. The second kappa shape index (κ2) is 13.0. The molecule has 2 aliphatic rings. The van der Waals surface area contributed by atoms with Gasteiger partial charge in [0.15, 0.2) is 17.8 Å². The van der Waals surface area contributed by atoms with Crippen LogP contribution in [0, 0.1) is 5.92 Å². The number of allylic oxidation sites excluding steroid dienone is 1. The van der Waals surface area contributed by atoms with E-state index < -0.39 is 61.5 Å². The first-order valence-electron chi connectivity index (χ1n) is 11.8. The SMILES string of the molecule is CC=C1[C@@H](O[C@@H]2O[C@H](CO)[C@@H](O)[C@H](O)[C@H]2O)OC=C(C(=O)OC)[C@@H]1CC(=O)OCCc1ccc(O)c(O)c1.